The number of ether oxygens (including phenoxy) is 1. The summed E-state index contributed by atoms with van der Waals surface area (Å²) < 4.78 is 5.47. The molecule has 0 amide bonds. The van der Waals surface area contributed by atoms with Crippen molar-refractivity contribution in [1.29, 1.82) is 0 Å². The van der Waals surface area contributed by atoms with Gasteiger partial charge in [-0.2, -0.15) is 22.2 Å². The molecule has 0 aromatic carbocycles. The van der Waals surface area contributed by atoms with Crippen LogP contribution in [0.5, 0.6) is 0 Å². The van der Waals surface area contributed by atoms with Gasteiger partial charge in [-0.15, -0.1) is 13.2 Å². The number of halogens is 2. The first-order valence-corrected chi connectivity index (χ1v) is 9.21. The van der Waals surface area contributed by atoms with Gasteiger partial charge in [-0.1, -0.05) is 12.2 Å². The van der Waals surface area contributed by atoms with E-state index in [2.05, 4.69) is 13.2 Å². The van der Waals surface area contributed by atoms with Crippen LogP contribution in [0.25, 0.3) is 0 Å². The third-order valence-electron chi connectivity index (χ3n) is 1.18. The molecular formula is C6H12Cl2OSi2. The van der Waals surface area contributed by atoms with Crippen molar-refractivity contribution in [3.63, 3.8) is 0 Å². The van der Waals surface area contributed by atoms with Crippen molar-refractivity contribution in [2.45, 2.75) is 11.5 Å². The molecule has 0 aromatic heterocycles. The van der Waals surface area contributed by atoms with Gasteiger partial charge in [0.1, 0.15) is 0 Å². The second-order valence-corrected chi connectivity index (χ2v) is 6.07. The van der Waals surface area contributed by atoms with Gasteiger partial charge < -0.3 is 4.74 Å². The molecule has 11 heavy (non-hydrogen) atoms. The van der Waals surface area contributed by atoms with E-state index in [1.807, 2.05) is 0 Å². The summed E-state index contributed by atoms with van der Waals surface area (Å²) in [6.07, 6.45) is 3.47. The maximum absolute atomic E-state index is 5.71. The molecule has 0 heterocycles. The highest BCUT2D eigenvalue weighted by Crippen LogP contribution is 2.01. The first-order chi connectivity index (χ1) is 5.28. The minimum atomic E-state index is -0.686. The second kappa shape index (κ2) is 7.12. The quantitative estimate of drug-likeness (QED) is 0.368. The van der Waals surface area contributed by atoms with E-state index < -0.39 is 17.7 Å². The molecule has 0 aromatic rings. The summed E-state index contributed by atoms with van der Waals surface area (Å²) in [6, 6.07) is 0. The Hall–Kier alpha value is 0.454. The van der Waals surface area contributed by atoms with Crippen LogP contribution in [-0.4, -0.2) is 29.1 Å². The van der Waals surface area contributed by atoms with Crippen LogP contribution >= 0.6 is 22.2 Å². The summed E-state index contributed by atoms with van der Waals surface area (Å²) in [5.74, 6) is 0. The fraction of sp³-hybridized carbons (Fsp3) is 0.333. The predicted octanol–water partition coefficient (Wildman–Crippen LogP) is 0.672. The number of hydrogen-bond donors (Lipinski definition) is 0. The van der Waals surface area contributed by atoms with Gasteiger partial charge in [-0.25, -0.2) is 0 Å². The molecule has 2 unspecified atom stereocenters. The van der Waals surface area contributed by atoms with Gasteiger partial charge in [-0.3, -0.25) is 0 Å². The number of hydrogen-bond acceptors (Lipinski definition) is 1. The van der Waals surface area contributed by atoms with Gasteiger partial charge in [0, 0.05) is 0 Å². The van der Waals surface area contributed by atoms with Crippen molar-refractivity contribution in [3.05, 3.63) is 25.3 Å². The molecule has 5 heteroatoms. The molecule has 2 atom stereocenters. The molecule has 0 saturated heterocycles. The van der Waals surface area contributed by atoms with E-state index in [4.69, 9.17) is 26.9 Å². The summed E-state index contributed by atoms with van der Waals surface area (Å²) in [6.45, 7) is 7.23. The Balaban J connectivity index is 3.76. The van der Waals surface area contributed by atoms with Crippen LogP contribution in [0.1, 0.15) is 0 Å². The van der Waals surface area contributed by atoms with Gasteiger partial charge in [-0.05, 0) is 0 Å². The summed E-state index contributed by atoms with van der Waals surface area (Å²) in [5.41, 5.74) is 0.0665. The Morgan fingerprint density at radius 3 is 1.64 bits per heavy atom. The third kappa shape index (κ3) is 4.82. The Morgan fingerprint density at radius 1 is 1.09 bits per heavy atom. The topological polar surface area (TPSA) is 9.23 Å². The molecule has 0 rings (SSSR count). The lowest BCUT2D eigenvalue weighted by atomic mass is 10.6. The monoisotopic (exact) mass is 226 g/mol. The Labute approximate surface area is 81.5 Å². The highest BCUT2D eigenvalue weighted by Gasteiger charge is 2.09. The Bertz CT molecular complexity index is 118. The first kappa shape index (κ1) is 11.5. The van der Waals surface area contributed by atoms with Gasteiger partial charge in [0.25, 0.3) is 0 Å². The van der Waals surface area contributed by atoms with Crippen LogP contribution in [0.4, 0.5) is 0 Å². The number of rotatable bonds is 6. The zero-order chi connectivity index (χ0) is 8.69. The molecule has 0 spiro atoms. The second-order valence-electron chi connectivity index (χ2n) is 1.99. The highest BCUT2D eigenvalue weighted by atomic mass is 35.6. The van der Waals surface area contributed by atoms with Crippen molar-refractivity contribution >= 4 is 39.8 Å². The molecule has 0 N–H and O–H groups in total. The predicted molar refractivity (Wildman–Crippen MR) is 57.8 cm³/mol. The average Bonchev–Trinajstić information content (AvgIpc) is 2.07. The van der Waals surface area contributed by atoms with E-state index in [9.17, 15) is 0 Å². The zero-order valence-corrected chi connectivity index (χ0v) is 10.6. The van der Waals surface area contributed by atoms with Gasteiger partial charge in [0.15, 0.2) is 17.7 Å². The molecular weight excluding hydrogens is 215 g/mol. The van der Waals surface area contributed by atoms with Crippen LogP contribution in [0, 0.1) is 0 Å². The summed E-state index contributed by atoms with van der Waals surface area (Å²) >= 11 is 11.4. The van der Waals surface area contributed by atoms with Crippen molar-refractivity contribution < 1.29 is 4.74 Å². The lowest BCUT2D eigenvalue weighted by molar-refractivity contribution is 0.135. The van der Waals surface area contributed by atoms with Crippen LogP contribution < -0.4 is 0 Å². The molecule has 0 aliphatic rings. The van der Waals surface area contributed by atoms with Crippen LogP contribution in [0.15, 0.2) is 25.3 Å². The molecule has 64 valence electrons. The maximum Gasteiger partial charge on any atom is 0.161 e. The smallest absolute Gasteiger partial charge is 0.161 e. The van der Waals surface area contributed by atoms with E-state index in [0.717, 1.165) is 0 Å². The normalized spacial score (nSPS) is 17.6. The summed E-state index contributed by atoms with van der Waals surface area (Å²) in [7, 11) is -1.37. The molecule has 0 aliphatic heterocycles. The Kier molecular flexibility index (Phi) is 7.42. The van der Waals surface area contributed by atoms with E-state index in [0.29, 0.717) is 0 Å². The van der Waals surface area contributed by atoms with Crippen molar-refractivity contribution in [1.82, 2.24) is 0 Å². The molecule has 1 nitrogen and oxygen atoms in total. The SMILES string of the molecule is C=CC(OC(C=C)[SiH2]Cl)[SiH2]Cl. The minimum Gasteiger partial charge on any atom is -0.372 e. The van der Waals surface area contributed by atoms with E-state index in [1.165, 1.54) is 0 Å². The maximum atomic E-state index is 5.71. The minimum absolute atomic E-state index is 0.0333. The van der Waals surface area contributed by atoms with E-state index in [-0.39, 0.29) is 11.5 Å². The van der Waals surface area contributed by atoms with Crippen molar-refractivity contribution in [2.24, 2.45) is 0 Å². The Morgan fingerprint density at radius 2 is 1.45 bits per heavy atom. The summed E-state index contributed by atoms with van der Waals surface area (Å²) in [5, 5.41) is 0. The average molecular weight is 227 g/mol. The van der Waals surface area contributed by atoms with Gasteiger partial charge >= 0.3 is 0 Å². The van der Waals surface area contributed by atoms with Gasteiger partial charge in [0.2, 0.25) is 0 Å². The van der Waals surface area contributed by atoms with Crippen LogP contribution in [-0.2, 0) is 4.74 Å². The van der Waals surface area contributed by atoms with Crippen LogP contribution in [0.2, 0.25) is 0 Å². The fourth-order valence-corrected chi connectivity index (χ4v) is 2.89. The van der Waals surface area contributed by atoms with Crippen molar-refractivity contribution in [2.75, 3.05) is 0 Å². The van der Waals surface area contributed by atoms with E-state index in [1.54, 1.807) is 12.2 Å². The lowest BCUT2D eigenvalue weighted by Crippen LogP contribution is -2.24. The first-order valence-electron chi connectivity index (χ1n) is 3.31. The standard InChI is InChI=1S/C6H12Cl2OSi2/c1-3-5(10-7)9-6(4-2)11-8/h3-6H,1-2,10-11H2. The molecule has 0 fully saturated rings. The molecule has 0 aliphatic carbocycles. The highest BCUT2D eigenvalue weighted by molar-refractivity contribution is 6.95. The largest absolute Gasteiger partial charge is 0.372 e. The van der Waals surface area contributed by atoms with Crippen LogP contribution in [0.3, 0.4) is 0 Å². The lowest BCUT2D eigenvalue weighted by Gasteiger charge is -2.15. The molecule has 0 saturated carbocycles. The van der Waals surface area contributed by atoms with E-state index >= 15 is 0 Å². The summed E-state index contributed by atoms with van der Waals surface area (Å²) in [4.78, 5) is 0. The fourth-order valence-electron chi connectivity index (χ4n) is 0.534. The third-order valence-corrected chi connectivity index (χ3v) is 4.66. The molecule has 0 radical (unpaired) electrons. The van der Waals surface area contributed by atoms with Crippen molar-refractivity contribution in [3.8, 4) is 0 Å². The van der Waals surface area contributed by atoms with Gasteiger partial charge in [0.05, 0.1) is 11.5 Å². The zero-order valence-electron chi connectivity index (χ0n) is 6.30. The molecule has 0 bridgehead atoms.